The lowest BCUT2D eigenvalue weighted by atomic mass is 9.90. The second kappa shape index (κ2) is 11.4. The molecule has 0 amide bonds. The molecule has 3 heteroatoms. The molecule has 0 saturated carbocycles. The van der Waals surface area contributed by atoms with E-state index >= 15 is 0 Å². The van der Waals surface area contributed by atoms with E-state index in [1.807, 2.05) is 23.9 Å². The number of benzene rings is 3. The fourth-order valence-electron chi connectivity index (χ4n) is 3.30. The van der Waals surface area contributed by atoms with E-state index in [0.29, 0.717) is 0 Å². The number of aryl methyl sites for hydroxylation is 2. The second-order valence-corrected chi connectivity index (χ2v) is 8.57. The normalized spacial score (nSPS) is 10.8. The largest absolute Gasteiger partial charge is 0.466 e. The number of hydrogen-bond donors (Lipinski definition) is 0. The Morgan fingerprint density at radius 2 is 1.35 bits per heavy atom. The zero-order valence-corrected chi connectivity index (χ0v) is 19.1. The average Bonchev–Trinajstić information content (AvgIpc) is 2.80. The Morgan fingerprint density at radius 1 is 0.806 bits per heavy atom. The van der Waals surface area contributed by atoms with Crippen molar-refractivity contribution in [1.82, 2.24) is 0 Å². The topological polar surface area (TPSA) is 26.3 Å². The summed E-state index contributed by atoms with van der Waals surface area (Å²) in [6.45, 7) is 4.18. The van der Waals surface area contributed by atoms with Gasteiger partial charge < -0.3 is 4.74 Å². The molecule has 0 heterocycles. The van der Waals surface area contributed by atoms with Crippen LogP contribution in [-0.2, 0) is 9.53 Å². The highest BCUT2D eigenvalue weighted by Gasteiger charge is 2.12. The Hall–Kier alpha value is -3.04. The van der Waals surface area contributed by atoms with Gasteiger partial charge in [-0.2, -0.15) is 0 Å². The van der Waals surface area contributed by atoms with E-state index in [1.54, 1.807) is 0 Å². The van der Waals surface area contributed by atoms with E-state index in [1.165, 1.54) is 29.2 Å². The van der Waals surface area contributed by atoms with Crippen LogP contribution in [0.5, 0.6) is 0 Å². The molecule has 3 aromatic carbocycles. The third-order valence-electron chi connectivity index (χ3n) is 5.01. The quantitative estimate of drug-likeness (QED) is 0.167. The molecule has 0 aromatic heterocycles. The number of carbonyl (C=O) groups excluding carboxylic acids is 1. The summed E-state index contributed by atoms with van der Waals surface area (Å²) < 4.78 is 4.84. The van der Waals surface area contributed by atoms with Crippen LogP contribution < -0.4 is 0 Å². The zero-order valence-electron chi connectivity index (χ0n) is 18.3. The highest BCUT2D eigenvalue weighted by Crippen LogP contribution is 2.31. The predicted molar refractivity (Wildman–Crippen MR) is 131 cm³/mol. The highest BCUT2D eigenvalue weighted by atomic mass is 32.2. The molecule has 0 bridgehead atoms. The van der Waals surface area contributed by atoms with Gasteiger partial charge in [-0.05, 0) is 54.7 Å². The van der Waals surface area contributed by atoms with Crippen LogP contribution >= 0.6 is 11.8 Å². The summed E-state index contributed by atoms with van der Waals surface area (Å²) in [7, 11) is 1.40. The first-order valence-corrected chi connectivity index (χ1v) is 11.4. The Morgan fingerprint density at radius 3 is 1.87 bits per heavy atom. The lowest BCUT2D eigenvalue weighted by Gasteiger charge is -2.15. The van der Waals surface area contributed by atoms with E-state index in [2.05, 4.69) is 86.6 Å². The fraction of sp³-hybridized carbons (Fsp3) is 0.179. The van der Waals surface area contributed by atoms with Crippen LogP contribution in [0.4, 0.5) is 0 Å². The van der Waals surface area contributed by atoms with Crippen LogP contribution in [0, 0.1) is 13.8 Å². The van der Waals surface area contributed by atoms with Crippen LogP contribution in [0.15, 0.2) is 101 Å². The number of ether oxygens (including phenoxy) is 1. The van der Waals surface area contributed by atoms with Gasteiger partial charge in [-0.1, -0.05) is 83.9 Å². The molecule has 158 valence electrons. The van der Waals surface area contributed by atoms with Crippen molar-refractivity contribution in [2.24, 2.45) is 0 Å². The zero-order chi connectivity index (χ0) is 22.1. The molecule has 3 rings (SSSR count). The monoisotopic (exact) mass is 428 g/mol. The van der Waals surface area contributed by atoms with Crippen molar-refractivity contribution in [3.63, 3.8) is 0 Å². The summed E-state index contributed by atoms with van der Waals surface area (Å²) in [5.74, 6) is 0.562. The first-order valence-electron chi connectivity index (χ1n) is 10.4. The smallest absolute Gasteiger partial charge is 0.330 e. The number of rotatable bonds is 8. The van der Waals surface area contributed by atoms with Gasteiger partial charge in [0.2, 0.25) is 0 Å². The number of thioether (sulfide) groups is 1. The van der Waals surface area contributed by atoms with Gasteiger partial charge in [-0.15, -0.1) is 11.8 Å². The van der Waals surface area contributed by atoms with Gasteiger partial charge in [-0.3, -0.25) is 0 Å². The van der Waals surface area contributed by atoms with Crippen molar-refractivity contribution >= 4 is 23.3 Å². The highest BCUT2D eigenvalue weighted by molar-refractivity contribution is 7.99. The molecule has 0 fully saturated rings. The first-order chi connectivity index (χ1) is 15.1. The van der Waals surface area contributed by atoms with Gasteiger partial charge >= 0.3 is 5.97 Å². The van der Waals surface area contributed by atoms with Gasteiger partial charge in [0, 0.05) is 16.7 Å². The van der Waals surface area contributed by atoms with Gasteiger partial charge in [0.05, 0.1) is 7.11 Å². The minimum atomic E-state index is -0.347. The van der Waals surface area contributed by atoms with Crippen LogP contribution in [-0.4, -0.2) is 18.8 Å². The van der Waals surface area contributed by atoms with Crippen molar-refractivity contribution in [3.8, 4) is 0 Å². The molecule has 0 spiro atoms. The summed E-state index contributed by atoms with van der Waals surface area (Å²) in [5, 5.41) is 0. The molecule has 0 radical (unpaired) electrons. The van der Waals surface area contributed by atoms with E-state index < -0.39 is 0 Å². The molecule has 0 aliphatic rings. The van der Waals surface area contributed by atoms with Crippen LogP contribution in [0.3, 0.4) is 0 Å². The SMILES string of the molecule is COC(=O)/C=C/C(CCSc1ccccc1)=C(c1ccc(C)cc1)c1ccc(C)cc1. The number of hydrogen-bond acceptors (Lipinski definition) is 3. The van der Waals surface area contributed by atoms with Gasteiger partial charge in [0.15, 0.2) is 0 Å². The molecular formula is C28H28O2S. The fourth-order valence-corrected chi connectivity index (χ4v) is 4.21. The average molecular weight is 429 g/mol. The number of carbonyl (C=O) groups is 1. The molecular weight excluding hydrogens is 400 g/mol. The maximum absolute atomic E-state index is 11.9. The van der Waals surface area contributed by atoms with Crippen molar-refractivity contribution in [2.75, 3.05) is 12.9 Å². The molecule has 2 nitrogen and oxygen atoms in total. The summed E-state index contributed by atoms with van der Waals surface area (Å²) in [6.07, 6.45) is 4.25. The molecule has 0 saturated heterocycles. The minimum Gasteiger partial charge on any atom is -0.466 e. The third kappa shape index (κ3) is 6.73. The van der Waals surface area contributed by atoms with Crippen molar-refractivity contribution in [2.45, 2.75) is 25.2 Å². The van der Waals surface area contributed by atoms with Crippen molar-refractivity contribution in [3.05, 3.63) is 119 Å². The summed E-state index contributed by atoms with van der Waals surface area (Å²) in [5.41, 5.74) is 6.99. The molecule has 31 heavy (non-hydrogen) atoms. The second-order valence-electron chi connectivity index (χ2n) is 7.40. The molecule has 0 aliphatic heterocycles. The molecule has 3 aromatic rings. The van der Waals surface area contributed by atoms with Gasteiger partial charge in [-0.25, -0.2) is 4.79 Å². The van der Waals surface area contributed by atoms with Crippen molar-refractivity contribution < 1.29 is 9.53 Å². The number of allylic oxidation sites excluding steroid dienone is 2. The summed E-state index contributed by atoms with van der Waals surface area (Å²) >= 11 is 1.82. The minimum absolute atomic E-state index is 0.347. The lowest BCUT2D eigenvalue weighted by molar-refractivity contribution is -0.134. The number of esters is 1. The molecule has 0 unspecified atom stereocenters. The predicted octanol–water partition coefficient (Wildman–Crippen LogP) is 7.02. The van der Waals surface area contributed by atoms with E-state index in [4.69, 9.17) is 4.74 Å². The van der Waals surface area contributed by atoms with E-state index in [0.717, 1.165) is 34.4 Å². The third-order valence-corrected chi connectivity index (χ3v) is 6.02. The van der Waals surface area contributed by atoms with E-state index in [-0.39, 0.29) is 5.97 Å². The maximum Gasteiger partial charge on any atom is 0.330 e. The Balaban J connectivity index is 2.03. The number of methoxy groups -OCH3 is 1. The van der Waals surface area contributed by atoms with Crippen LogP contribution in [0.25, 0.3) is 5.57 Å². The van der Waals surface area contributed by atoms with Crippen LogP contribution in [0.2, 0.25) is 0 Å². The maximum atomic E-state index is 11.9. The first kappa shape index (κ1) is 22.6. The van der Waals surface area contributed by atoms with E-state index in [9.17, 15) is 4.79 Å². The molecule has 0 aliphatic carbocycles. The Labute approximate surface area is 189 Å². The van der Waals surface area contributed by atoms with Gasteiger partial charge in [0.1, 0.15) is 0 Å². The molecule has 0 N–H and O–H groups in total. The standard InChI is InChI=1S/C28H28O2S/c1-21-9-13-23(14-10-21)28(24-15-11-22(2)12-16-24)25(17-18-27(29)30-3)19-20-31-26-7-5-4-6-8-26/h4-18H,19-20H2,1-3H3/b18-17+. The van der Waals surface area contributed by atoms with Crippen molar-refractivity contribution in [1.29, 1.82) is 0 Å². The Bertz CT molecular complexity index is 999. The van der Waals surface area contributed by atoms with Gasteiger partial charge in [0.25, 0.3) is 0 Å². The summed E-state index contributed by atoms with van der Waals surface area (Å²) in [4.78, 5) is 13.1. The summed E-state index contributed by atoms with van der Waals surface area (Å²) in [6, 6.07) is 27.5. The lowest BCUT2D eigenvalue weighted by Crippen LogP contribution is -1.98. The van der Waals surface area contributed by atoms with Crippen LogP contribution in [0.1, 0.15) is 28.7 Å². The molecule has 0 atom stereocenters. The Kier molecular flexibility index (Phi) is 8.31.